The van der Waals surface area contributed by atoms with E-state index in [0.29, 0.717) is 11.4 Å². The van der Waals surface area contributed by atoms with Crippen molar-refractivity contribution in [2.24, 2.45) is 0 Å². The molecule has 3 aromatic rings. The van der Waals surface area contributed by atoms with Crippen molar-refractivity contribution in [3.05, 3.63) is 84.3 Å². The summed E-state index contributed by atoms with van der Waals surface area (Å²) in [6, 6.07) is 20.7. The van der Waals surface area contributed by atoms with Gasteiger partial charge in [0, 0.05) is 17.3 Å². The molecule has 26 heavy (non-hydrogen) atoms. The van der Waals surface area contributed by atoms with Gasteiger partial charge in [-0.25, -0.2) is 0 Å². The molecule has 5 heteroatoms. The van der Waals surface area contributed by atoms with E-state index < -0.39 is 0 Å². The van der Waals surface area contributed by atoms with Gasteiger partial charge in [0.25, 0.3) is 5.91 Å². The fraction of sp³-hybridized carbons (Fsp3) is 0.190. The van der Waals surface area contributed by atoms with E-state index in [-0.39, 0.29) is 18.0 Å². The minimum atomic E-state index is -0.309. The fourth-order valence-electron chi connectivity index (χ4n) is 2.83. The van der Waals surface area contributed by atoms with E-state index >= 15 is 0 Å². The van der Waals surface area contributed by atoms with Crippen LogP contribution in [0.1, 0.15) is 24.3 Å². The molecule has 2 aromatic carbocycles. The van der Waals surface area contributed by atoms with Gasteiger partial charge < -0.3 is 19.8 Å². The Morgan fingerprint density at radius 2 is 1.88 bits per heavy atom. The van der Waals surface area contributed by atoms with Crippen LogP contribution in [0.5, 0.6) is 5.75 Å². The highest BCUT2D eigenvalue weighted by Crippen LogP contribution is 2.19. The second-order valence-corrected chi connectivity index (χ2v) is 6.11. The Labute approximate surface area is 153 Å². The van der Waals surface area contributed by atoms with Crippen LogP contribution in [-0.4, -0.2) is 19.1 Å². The quantitative estimate of drug-likeness (QED) is 0.688. The number of nitrogens with one attached hydrogen (secondary N) is 1. The first-order valence-corrected chi connectivity index (χ1v) is 8.55. The molecule has 0 unspecified atom stereocenters. The van der Waals surface area contributed by atoms with E-state index in [1.54, 1.807) is 19.4 Å². The highest BCUT2D eigenvalue weighted by Gasteiger charge is 2.26. The smallest absolute Gasteiger partial charge is 0.282 e. The number of furan rings is 1. The molecule has 0 fully saturated rings. The van der Waals surface area contributed by atoms with Crippen molar-refractivity contribution in [2.75, 3.05) is 12.4 Å². The molecule has 0 aliphatic rings. The van der Waals surface area contributed by atoms with Crippen molar-refractivity contribution >= 4 is 11.6 Å². The van der Waals surface area contributed by atoms with Gasteiger partial charge in [-0.2, -0.15) is 0 Å². The third kappa shape index (κ3) is 4.32. The lowest BCUT2D eigenvalue weighted by Gasteiger charge is -2.19. The van der Waals surface area contributed by atoms with Gasteiger partial charge >= 0.3 is 0 Å². The molecule has 1 amide bonds. The normalized spacial score (nSPS) is 13.0. The lowest BCUT2D eigenvalue weighted by Crippen LogP contribution is -2.92. The standard InChI is InChI=1S/C21H22N2O3/c1-15(21(24)23-17-10-6-11-18(14-17)25-2)22-20(19-12-7-13-26-19)16-8-4-3-5-9-16/h3-15,20,22H,1-2H3,(H,23,24)/p+1/t15-,20-/m0/s1. The minimum absolute atomic E-state index is 0.0780. The lowest BCUT2D eigenvalue weighted by atomic mass is 10.0. The number of ether oxygens (including phenoxy) is 1. The van der Waals surface area contributed by atoms with Crippen LogP contribution in [-0.2, 0) is 4.79 Å². The van der Waals surface area contributed by atoms with Crippen LogP contribution < -0.4 is 15.4 Å². The maximum absolute atomic E-state index is 12.6. The summed E-state index contributed by atoms with van der Waals surface area (Å²) in [6.07, 6.45) is 1.65. The summed E-state index contributed by atoms with van der Waals surface area (Å²) in [5.41, 5.74) is 1.80. The molecule has 0 bridgehead atoms. The van der Waals surface area contributed by atoms with Crippen molar-refractivity contribution in [3.63, 3.8) is 0 Å². The highest BCUT2D eigenvalue weighted by atomic mass is 16.5. The number of quaternary nitrogens is 1. The number of hydrogen-bond acceptors (Lipinski definition) is 3. The van der Waals surface area contributed by atoms with Crippen LogP contribution in [0.2, 0.25) is 0 Å². The lowest BCUT2D eigenvalue weighted by molar-refractivity contribution is -0.706. The second kappa shape index (κ2) is 8.36. The number of amides is 1. The van der Waals surface area contributed by atoms with E-state index in [1.807, 2.05) is 72.9 Å². The first-order valence-electron chi connectivity index (χ1n) is 8.55. The van der Waals surface area contributed by atoms with E-state index in [2.05, 4.69) is 5.32 Å². The molecule has 0 aliphatic carbocycles. The number of methoxy groups -OCH3 is 1. The molecule has 134 valence electrons. The summed E-state index contributed by atoms with van der Waals surface area (Å²) in [4.78, 5) is 12.6. The van der Waals surface area contributed by atoms with Gasteiger partial charge in [0.2, 0.25) is 0 Å². The van der Waals surface area contributed by atoms with Crippen LogP contribution >= 0.6 is 0 Å². The average molecular weight is 351 g/mol. The van der Waals surface area contributed by atoms with Crippen LogP contribution in [0.3, 0.4) is 0 Å². The zero-order chi connectivity index (χ0) is 18.4. The summed E-state index contributed by atoms with van der Waals surface area (Å²) in [5.74, 6) is 1.44. The second-order valence-electron chi connectivity index (χ2n) is 6.11. The summed E-state index contributed by atoms with van der Waals surface area (Å²) >= 11 is 0. The Morgan fingerprint density at radius 3 is 2.58 bits per heavy atom. The number of nitrogens with two attached hydrogens (primary N) is 1. The maximum Gasteiger partial charge on any atom is 0.282 e. The van der Waals surface area contributed by atoms with Crippen molar-refractivity contribution < 1.29 is 19.3 Å². The number of benzene rings is 2. The van der Waals surface area contributed by atoms with Crippen molar-refractivity contribution in [2.45, 2.75) is 19.0 Å². The van der Waals surface area contributed by atoms with Crippen molar-refractivity contribution in [3.8, 4) is 5.75 Å². The molecule has 1 heterocycles. The van der Waals surface area contributed by atoms with E-state index in [9.17, 15) is 4.79 Å². The highest BCUT2D eigenvalue weighted by molar-refractivity contribution is 5.93. The predicted molar refractivity (Wildman–Crippen MR) is 100 cm³/mol. The Balaban J connectivity index is 1.73. The van der Waals surface area contributed by atoms with Crippen LogP contribution in [0.4, 0.5) is 5.69 Å². The van der Waals surface area contributed by atoms with Gasteiger partial charge in [-0.3, -0.25) is 4.79 Å². The van der Waals surface area contributed by atoms with Crippen LogP contribution in [0, 0.1) is 0 Å². The summed E-state index contributed by atoms with van der Waals surface area (Å²) in [7, 11) is 1.60. The van der Waals surface area contributed by atoms with Gasteiger partial charge in [0.1, 0.15) is 5.75 Å². The van der Waals surface area contributed by atoms with Gasteiger partial charge in [0.15, 0.2) is 17.8 Å². The molecule has 0 aliphatic heterocycles. The number of anilines is 1. The van der Waals surface area contributed by atoms with Gasteiger partial charge in [-0.15, -0.1) is 0 Å². The van der Waals surface area contributed by atoms with E-state index in [0.717, 1.165) is 11.3 Å². The van der Waals surface area contributed by atoms with Crippen LogP contribution in [0.25, 0.3) is 0 Å². The third-order valence-electron chi connectivity index (χ3n) is 4.24. The Hall–Kier alpha value is -3.05. The molecule has 2 atom stereocenters. The van der Waals surface area contributed by atoms with Gasteiger partial charge in [0.05, 0.1) is 13.4 Å². The molecule has 0 saturated carbocycles. The molecular weight excluding hydrogens is 328 g/mol. The van der Waals surface area contributed by atoms with Crippen molar-refractivity contribution in [1.29, 1.82) is 0 Å². The molecule has 1 aromatic heterocycles. The molecule has 3 rings (SSSR count). The Kier molecular flexibility index (Phi) is 5.71. The number of rotatable bonds is 7. The number of carbonyl (C=O) groups excluding carboxylic acids is 1. The molecule has 0 spiro atoms. The Bertz CT molecular complexity index is 831. The SMILES string of the molecule is COc1cccc(NC(=O)[C@H](C)[NH2+][C@@H](c2ccccc2)c2ccco2)c1. The molecular formula is C21H23N2O3+. The Morgan fingerprint density at radius 1 is 1.08 bits per heavy atom. The first-order chi connectivity index (χ1) is 12.7. The summed E-state index contributed by atoms with van der Waals surface area (Å²) < 4.78 is 10.8. The molecule has 3 N–H and O–H groups in total. The first kappa shape index (κ1) is 17.8. The predicted octanol–water partition coefficient (Wildman–Crippen LogP) is 2.97. The molecule has 5 nitrogen and oxygen atoms in total. The third-order valence-corrected chi connectivity index (χ3v) is 4.24. The average Bonchev–Trinajstić information content (AvgIpc) is 3.21. The van der Waals surface area contributed by atoms with Gasteiger partial charge in [-0.1, -0.05) is 36.4 Å². The zero-order valence-corrected chi connectivity index (χ0v) is 14.9. The monoisotopic (exact) mass is 351 g/mol. The van der Waals surface area contributed by atoms with E-state index in [1.165, 1.54) is 0 Å². The number of carbonyl (C=O) groups is 1. The largest absolute Gasteiger partial charge is 0.497 e. The minimum Gasteiger partial charge on any atom is -0.497 e. The molecule has 0 radical (unpaired) electrons. The maximum atomic E-state index is 12.6. The van der Waals surface area contributed by atoms with Crippen molar-refractivity contribution in [1.82, 2.24) is 0 Å². The van der Waals surface area contributed by atoms with E-state index in [4.69, 9.17) is 9.15 Å². The number of hydrogen-bond donors (Lipinski definition) is 2. The fourth-order valence-corrected chi connectivity index (χ4v) is 2.83. The summed E-state index contributed by atoms with van der Waals surface area (Å²) in [6.45, 7) is 1.88. The van der Waals surface area contributed by atoms with Crippen LogP contribution in [0.15, 0.2) is 77.4 Å². The zero-order valence-electron chi connectivity index (χ0n) is 14.9. The van der Waals surface area contributed by atoms with Gasteiger partial charge in [-0.05, 0) is 31.2 Å². The molecule has 0 saturated heterocycles. The topological polar surface area (TPSA) is 68.1 Å². The summed E-state index contributed by atoms with van der Waals surface area (Å²) in [5, 5.41) is 4.94.